The maximum absolute atomic E-state index is 11.9. The van der Waals surface area contributed by atoms with Crippen molar-refractivity contribution in [2.75, 3.05) is 13.7 Å². The maximum Gasteiger partial charge on any atom is 0.342 e. The Bertz CT molecular complexity index is 601. The number of carbonyl (C=O) groups excluding carboxylic acids is 3. The Morgan fingerprint density at radius 2 is 2.05 bits per heavy atom. The molecule has 118 valence electrons. The fourth-order valence-electron chi connectivity index (χ4n) is 1.66. The molecular formula is C14H15ClN2O5. The number of hydrogen-bond acceptors (Lipinski definition) is 5. The number of rotatable bonds is 5. The van der Waals surface area contributed by atoms with E-state index in [0.717, 1.165) is 12.8 Å². The summed E-state index contributed by atoms with van der Waals surface area (Å²) in [7, 11) is 1.40. The Kier molecular flexibility index (Phi) is 5.21. The molecule has 1 fully saturated rings. The second-order valence-corrected chi connectivity index (χ2v) is 5.15. The van der Waals surface area contributed by atoms with Gasteiger partial charge in [-0.05, 0) is 31.0 Å². The second kappa shape index (κ2) is 7.13. The normalized spacial score (nSPS) is 13.2. The first kappa shape index (κ1) is 16.1. The third-order valence-electron chi connectivity index (χ3n) is 2.88. The fourth-order valence-corrected chi connectivity index (χ4v) is 1.83. The Labute approximate surface area is 131 Å². The highest BCUT2D eigenvalue weighted by Gasteiger charge is 2.24. The molecule has 0 saturated heterocycles. The molecule has 0 radical (unpaired) electrons. The Hall–Kier alpha value is -2.28. The van der Waals surface area contributed by atoms with E-state index in [4.69, 9.17) is 21.1 Å². The van der Waals surface area contributed by atoms with Crippen LogP contribution in [0.25, 0.3) is 0 Å². The molecule has 1 aliphatic rings. The van der Waals surface area contributed by atoms with Crippen LogP contribution in [0.1, 0.15) is 23.2 Å². The van der Waals surface area contributed by atoms with Crippen LogP contribution in [-0.4, -0.2) is 37.7 Å². The SMILES string of the molecule is COc1ccc(Cl)cc1C(=O)OCC(=O)NC(=O)NC1CC1. The van der Waals surface area contributed by atoms with Crippen molar-refractivity contribution in [3.8, 4) is 5.75 Å². The van der Waals surface area contributed by atoms with Crippen LogP contribution < -0.4 is 15.4 Å². The van der Waals surface area contributed by atoms with Crippen molar-refractivity contribution in [1.29, 1.82) is 0 Å². The van der Waals surface area contributed by atoms with Gasteiger partial charge in [0.25, 0.3) is 5.91 Å². The number of halogens is 1. The minimum absolute atomic E-state index is 0.102. The zero-order valence-electron chi connectivity index (χ0n) is 11.8. The van der Waals surface area contributed by atoms with Gasteiger partial charge in [0, 0.05) is 11.1 Å². The minimum Gasteiger partial charge on any atom is -0.496 e. The predicted octanol–water partition coefficient (Wildman–Crippen LogP) is 1.49. The van der Waals surface area contributed by atoms with Crippen LogP contribution in [0.4, 0.5) is 4.79 Å². The number of hydrogen-bond donors (Lipinski definition) is 2. The largest absolute Gasteiger partial charge is 0.496 e. The van der Waals surface area contributed by atoms with Crippen molar-refractivity contribution < 1.29 is 23.9 Å². The van der Waals surface area contributed by atoms with Crippen molar-refractivity contribution in [3.63, 3.8) is 0 Å². The molecule has 0 heterocycles. The molecule has 2 N–H and O–H groups in total. The monoisotopic (exact) mass is 326 g/mol. The molecule has 1 aromatic rings. The van der Waals surface area contributed by atoms with E-state index in [0.29, 0.717) is 5.02 Å². The van der Waals surface area contributed by atoms with Gasteiger partial charge < -0.3 is 14.8 Å². The number of benzene rings is 1. The van der Waals surface area contributed by atoms with Crippen LogP contribution in [-0.2, 0) is 9.53 Å². The number of urea groups is 1. The number of imide groups is 1. The van der Waals surface area contributed by atoms with Gasteiger partial charge in [0.05, 0.1) is 7.11 Å². The lowest BCUT2D eigenvalue weighted by Gasteiger charge is -2.09. The number of amides is 3. The second-order valence-electron chi connectivity index (χ2n) is 4.72. The van der Waals surface area contributed by atoms with Gasteiger partial charge in [-0.15, -0.1) is 0 Å². The van der Waals surface area contributed by atoms with Gasteiger partial charge in [-0.25, -0.2) is 9.59 Å². The number of methoxy groups -OCH3 is 1. The first-order valence-corrected chi connectivity index (χ1v) is 6.98. The van der Waals surface area contributed by atoms with E-state index in [-0.39, 0.29) is 17.4 Å². The molecule has 3 amide bonds. The molecule has 1 aromatic carbocycles. The molecule has 8 heteroatoms. The Morgan fingerprint density at radius 3 is 2.68 bits per heavy atom. The highest BCUT2D eigenvalue weighted by atomic mass is 35.5. The number of ether oxygens (including phenoxy) is 2. The van der Waals surface area contributed by atoms with Gasteiger partial charge in [-0.1, -0.05) is 11.6 Å². The van der Waals surface area contributed by atoms with Crippen molar-refractivity contribution in [3.05, 3.63) is 28.8 Å². The molecule has 2 rings (SSSR count). The van der Waals surface area contributed by atoms with Crippen LogP contribution in [0, 0.1) is 0 Å². The topological polar surface area (TPSA) is 93.7 Å². The standard InChI is InChI=1S/C14H15ClN2O5/c1-21-11-5-2-8(15)6-10(11)13(19)22-7-12(18)17-14(20)16-9-3-4-9/h2,5-6,9H,3-4,7H2,1H3,(H2,16,17,18,20). The number of carbonyl (C=O) groups is 3. The summed E-state index contributed by atoms with van der Waals surface area (Å²) in [6.07, 6.45) is 1.82. The van der Waals surface area contributed by atoms with Gasteiger partial charge in [-0.2, -0.15) is 0 Å². The molecule has 22 heavy (non-hydrogen) atoms. The van der Waals surface area contributed by atoms with Gasteiger partial charge in [0.15, 0.2) is 6.61 Å². The summed E-state index contributed by atoms with van der Waals surface area (Å²) in [5.74, 6) is -1.20. The summed E-state index contributed by atoms with van der Waals surface area (Å²) in [5, 5.41) is 4.99. The first-order chi connectivity index (χ1) is 10.5. The first-order valence-electron chi connectivity index (χ1n) is 6.60. The van der Waals surface area contributed by atoms with Gasteiger partial charge in [0.1, 0.15) is 11.3 Å². The summed E-state index contributed by atoms with van der Waals surface area (Å²) >= 11 is 5.81. The Balaban J connectivity index is 1.85. The average Bonchev–Trinajstić information content (AvgIpc) is 3.28. The van der Waals surface area contributed by atoms with E-state index in [2.05, 4.69) is 10.6 Å². The average molecular weight is 327 g/mol. The van der Waals surface area contributed by atoms with Crippen LogP contribution in [0.15, 0.2) is 18.2 Å². The summed E-state index contributed by atoms with van der Waals surface area (Å²) < 4.78 is 9.86. The van der Waals surface area contributed by atoms with Gasteiger partial charge >= 0.3 is 12.0 Å². The third kappa shape index (κ3) is 4.63. The molecule has 0 aliphatic heterocycles. The number of nitrogens with one attached hydrogen (secondary N) is 2. The summed E-state index contributed by atoms with van der Waals surface area (Å²) in [4.78, 5) is 34.8. The lowest BCUT2D eigenvalue weighted by molar-refractivity contribution is -0.123. The fraction of sp³-hybridized carbons (Fsp3) is 0.357. The van der Waals surface area contributed by atoms with E-state index in [1.54, 1.807) is 6.07 Å². The third-order valence-corrected chi connectivity index (χ3v) is 3.12. The summed E-state index contributed by atoms with van der Waals surface area (Å²) in [6, 6.07) is 3.99. The van der Waals surface area contributed by atoms with E-state index < -0.39 is 24.5 Å². The highest BCUT2D eigenvalue weighted by molar-refractivity contribution is 6.31. The van der Waals surface area contributed by atoms with Crippen LogP contribution in [0.5, 0.6) is 5.75 Å². The Morgan fingerprint density at radius 1 is 1.32 bits per heavy atom. The molecule has 0 spiro atoms. The van der Waals surface area contributed by atoms with Gasteiger partial charge in [-0.3, -0.25) is 10.1 Å². The van der Waals surface area contributed by atoms with E-state index in [1.165, 1.54) is 19.2 Å². The lowest BCUT2D eigenvalue weighted by atomic mass is 10.2. The van der Waals surface area contributed by atoms with E-state index in [1.807, 2.05) is 0 Å². The maximum atomic E-state index is 11.9. The minimum atomic E-state index is -0.767. The van der Waals surface area contributed by atoms with Crippen LogP contribution >= 0.6 is 11.6 Å². The molecule has 1 saturated carbocycles. The predicted molar refractivity (Wildman–Crippen MR) is 78.0 cm³/mol. The molecule has 0 aromatic heterocycles. The molecular weight excluding hydrogens is 312 g/mol. The highest BCUT2D eigenvalue weighted by Crippen LogP contribution is 2.23. The van der Waals surface area contributed by atoms with Crippen molar-refractivity contribution in [2.24, 2.45) is 0 Å². The quantitative estimate of drug-likeness (QED) is 0.800. The zero-order chi connectivity index (χ0) is 16.1. The molecule has 0 unspecified atom stereocenters. The lowest BCUT2D eigenvalue weighted by Crippen LogP contribution is -2.42. The van der Waals surface area contributed by atoms with Crippen LogP contribution in [0.2, 0.25) is 5.02 Å². The van der Waals surface area contributed by atoms with E-state index >= 15 is 0 Å². The molecule has 0 bridgehead atoms. The summed E-state index contributed by atoms with van der Waals surface area (Å²) in [5.41, 5.74) is 0.102. The molecule has 0 atom stereocenters. The van der Waals surface area contributed by atoms with Crippen LogP contribution in [0.3, 0.4) is 0 Å². The van der Waals surface area contributed by atoms with E-state index in [9.17, 15) is 14.4 Å². The number of esters is 1. The molecule has 1 aliphatic carbocycles. The van der Waals surface area contributed by atoms with Crippen molar-refractivity contribution >= 4 is 29.5 Å². The van der Waals surface area contributed by atoms with Crippen molar-refractivity contribution in [2.45, 2.75) is 18.9 Å². The molecule has 7 nitrogen and oxygen atoms in total. The van der Waals surface area contributed by atoms with Crippen molar-refractivity contribution in [1.82, 2.24) is 10.6 Å². The zero-order valence-corrected chi connectivity index (χ0v) is 12.6. The van der Waals surface area contributed by atoms with Gasteiger partial charge in [0.2, 0.25) is 0 Å². The summed E-state index contributed by atoms with van der Waals surface area (Å²) in [6.45, 7) is -0.577. The smallest absolute Gasteiger partial charge is 0.342 e.